The minimum absolute atomic E-state index is 0.197. The summed E-state index contributed by atoms with van der Waals surface area (Å²) in [4.78, 5) is 24.5. The Morgan fingerprint density at radius 1 is 1.00 bits per heavy atom. The molecule has 0 spiro atoms. The van der Waals surface area contributed by atoms with Crippen LogP contribution in [0.15, 0.2) is 59.5 Å². The second-order valence-corrected chi connectivity index (χ2v) is 9.51. The van der Waals surface area contributed by atoms with Crippen molar-refractivity contribution in [2.24, 2.45) is 0 Å². The zero-order chi connectivity index (χ0) is 22.8. The summed E-state index contributed by atoms with van der Waals surface area (Å²) in [5.74, 6) is -2.43. The quantitative estimate of drug-likeness (QED) is 0.413. The van der Waals surface area contributed by atoms with Crippen LogP contribution in [0.3, 0.4) is 0 Å². The van der Waals surface area contributed by atoms with E-state index in [4.69, 9.17) is 0 Å². The van der Waals surface area contributed by atoms with Crippen molar-refractivity contribution in [2.75, 3.05) is 6.26 Å². The van der Waals surface area contributed by atoms with Gasteiger partial charge in [0.15, 0.2) is 9.84 Å². The number of carbonyl (C=O) groups is 2. The van der Waals surface area contributed by atoms with Crippen molar-refractivity contribution in [3.05, 3.63) is 71.4 Å². The lowest BCUT2D eigenvalue weighted by molar-refractivity contribution is -0.131. The van der Waals surface area contributed by atoms with Gasteiger partial charge in [-0.3, -0.25) is 4.79 Å². The first-order valence-electron chi connectivity index (χ1n) is 10.0. The van der Waals surface area contributed by atoms with E-state index >= 15 is 0 Å². The van der Waals surface area contributed by atoms with E-state index < -0.39 is 21.6 Å². The number of carboxylic acid groups (broad SMARTS) is 1. The average Bonchev–Trinajstić information content (AvgIpc) is 3.03. The first kappa shape index (κ1) is 22.5. The molecule has 1 aromatic heterocycles. The van der Waals surface area contributed by atoms with Crippen molar-refractivity contribution < 1.29 is 23.1 Å². The van der Waals surface area contributed by atoms with Gasteiger partial charge in [0.1, 0.15) is 0 Å². The fourth-order valence-corrected chi connectivity index (χ4v) is 4.45. The van der Waals surface area contributed by atoms with E-state index in [0.29, 0.717) is 23.4 Å². The number of hydrogen-bond acceptors (Lipinski definition) is 4. The molecule has 3 aromatic rings. The molecule has 31 heavy (non-hydrogen) atoms. The Hall–Kier alpha value is -3.19. The smallest absolute Gasteiger partial charge is 0.377 e. The Kier molecular flexibility index (Phi) is 6.45. The number of carboxylic acids is 1. The lowest BCUT2D eigenvalue weighted by Crippen LogP contribution is -2.15. The number of Topliss-reactive ketones (excluding diaryl/α,β-unsaturated/α-hetero) is 1. The Morgan fingerprint density at radius 3 is 2.13 bits per heavy atom. The molecule has 2 aromatic carbocycles. The van der Waals surface area contributed by atoms with Crippen LogP contribution in [0.2, 0.25) is 0 Å². The predicted molar refractivity (Wildman–Crippen MR) is 120 cm³/mol. The molecule has 0 amide bonds. The number of benzene rings is 2. The lowest BCUT2D eigenvalue weighted by atomic mass is 9.97. The number of aliphatic carboxylic acids is 1. The minimum atomic E-state index is -3.35. The number of para-hydroxylation sites is 1. The van der Waals surface area contributed by atoms with Gasteiger partial charge in [0, 0.05) is 17.6 Å². The van der Waals surface area contributed by atoms with Crippen LogP contribution < -0.4 is 0 Å². The van der Waals surface area contributed by atoms with Crippen molar-refractivity contribution in [2.45, 2.75) is 38.0 Å². The third-order valence-corrected chi connectivity index (χ3v) is 6.41. The van der Waals surface area contributed by atoms with Crippen LogP contribution in [0, 0.1) is 6.92 Å². The molecule has 7 heteroatoms. The van der Waals surface area contributed by atoms with Gasteiger partial charge in [0.2, 0.25) is 0 Å². The van der Waals surface area contributed by atoms with Crippen LogP contribution in [0.1, 0.15) is 41.4 Å². The summed E-state index contributed by atoms with van der Waals surface area (Å²) in [6, 6.07) is 15.9. The summed E-state index contributed by atoms with van der Waals surface area (Å²) in [7, 11) is -3.35. The number of nitrogens with zero attached hydrogens (tertiary/aromatic N) is 1. The topological polar surface area (TPSA) is 93.4 Å². The summed E-state index contributed by atoms with van der Waals surface area (Å²) in [5.41, 5.74) is 3.64. The van der Waals surface area contributed by atoms with Crippen molar-refractivity contribution in [3.63, 3.8) is 0 Å². The Morgan fingerprint density at radius 2 is 1.61 bits per heavy atom. The first-order chi connectivity index (χ1) is 14.7. The number of hydrogen-bond donors (Lipinski definition) is 1. The monoisotopic (exact) mass is 439 g/mol. The molecule has 0 aliphatic rings. The molecule has 0 aliphatic carbocycles. The summed E-state index contributed by atoms with van der Waals surface area (Å²) in [6.45, 7) is 3.77. The number of rotatable bonds is 8. The van der Waals surface area contributed by atoms with E-state index in [2.05, 4.69) is 0 Å². The van der Waals surface area contributed by atoms with E-state index in [1.54, 1.807) is 19.1 Å². The van der Waals surface area contributed by atoms with Crippen LogP contribution in [-0.2, 0) is 21.1 Å². The molecule has 0 radical (unpaired) electrons. The molecular formula is C24H25NO5S. The van der Waals surface area contributed by atoms with Crippen LogP contribution in [0.5, 0.6) is 0 Å². The number of aromatic nitrogens is 1. The standard InChI is InChI=1S/C24H25NO5S/c1-4-5-11-20-21(23(26)24(27)28)16(2)25(18-9-7-6-8-10-18)22(20)17-12-14-19(15-13-17)31(3,29)30/h6-10,12-15H,4-5,11H2,1-3H3,(H,27,28). The molecule has 6 nitrogen and oxygen atoms in total. The fourth-order valence-electron chi connectivity index (χ4n) is 3.82. The van der Waals surface area contributed by atoms with Gasteiger partial charge < -0.3 is 9.67 Å². The first-order valence-corrected chi connectivity index (χ1v) is 11.9. The highest BCUT2D eigenvalue weighted by molar-refractivity contribution is 7.90. The molecule has 0 atom stereocenters. The van der Waals surface area contributed by atoms with E-state index in [1.807, 2.05) is 41.8 Å². The maximum absolute atomic E-state index is 12.7. The van der Waals surface area contributed by atoms with Gasteiger partial charge in [0.25, 0.3) is 5.78 Å². The molecule has 0 fully saturated rings. The SMILES string of the molecule is CCCCc1c(C(=O)C(=O)O)c(C)n(-c2ccccc2)c1-c1ccc(S(C)(=O)=O)cc1. The Balaban J connectivity index is 2.37. The van der Waals surface area contributed by atoms with Crippen LogP contribution >= 0.6 is 0 Å². The number of ketones is 1. The Bertz CT molecular complexity index is 1220. The highest BCUT2D eigenvalue weighted by Crippen LogP contribution is 2.36. The predicted octanol–water partition coefficient (Wildman–Crippen LogP) is 4.47. The highest BCUT2D eigenvalue weighted by Gasteiger charge is 2.29. The summed E-state index contributed by atoms with van der Waals surface area (Å²) in [5, 5.41) is 9.45. The van der Waals surface area contributed by atoms with E-state index in [9.17, 15) is 23.1 Å². The normalized spacial score (nSPS) is 11.5. The summed E-state index contributed by atoms with van der Waals surface area (Å²) >= 11 is 0. The molecule has 0 saturated heterocycles. The molecule has 3 rings (SSSR count). The largest absolute Gasteiger partial charge is 0.475 e. The molecule has 0 bridgehead atoms. The molecule has 162 valence electrons. The Labute approximate surface area is 182 Å². The fraction of sp³-hybridized carbons (Fsp3) is 0.250. The second kappa shape index (κ2) is 8.89. The second-order valence-electron chi connectivity index (χ2n) is 7.49. The van der Waals surface area contributed by atoms with Gasteiger partial charge in [0.05, 0.1) is 16.2 Å². The molecule has 1 heterocycles. The molecule has 0 saturated carbocycles. The number of carbonyl (C=O) groups excluding carboxylic acids is 1. The van der Waals surface area contributed by atoms with Gasteiger partial charge in [-0.05, 0) is 55.2 Å². The minimum Gasteiger partial charge on any atom is -0.475 e. The average molecular weight is 440 g/mol. The van der Waals surface area contributed by atoms with E-state index in [1.165, 1.54) is 12.1 Å². The van der Waals surface area contributed by atoms with Gasteiger partial charge in [-0.25, -0.2) is 13.2 Å². The maximum atomic E-state index is 12.7. The van der Waals surface area contributed by atoms with Crippen LogP contribution in [0.4, 0.5) is 0 Å². The summed E-state index contributed by atoms with van der Waals surface area (Å²) in [6.07, 6.45) is 3.35. The third kappa shape index (κ3) is 4.46. The molecular weight excluding hydrogens is 414 g/mol. The van der Waals surface area contributed by atoms with Crippen molar-refractivity contribution in [1.29, 1.82) is 0 Å². The molecule has 1 N–H and O–H groups in total. The van der Waals surface area contributed by atoms with Gasteiger partial charge in [-0.15, -0.1) is 0 Å². The number of unbranched alkanes of at least 4 members (excludes halogenated alkanes) is 1. The highest BCUT2D eigenvalue weighted by atomic mass is 32.2. The lowest BCUT2D eigenvalue weighted by Gasteiger charge is -2.14. The van der Waals surface area contributed by atoms with Crippen LogP contribution in [0.25, 0.3) is 16.9 Å². The zero-order valence-electron chi connectivity index (χ0n) is 17.8. The molecule has 0 unspecified atom stereocenters. The van der Waals surface area contributed by atoms with Gasteiger partial charge >= 0.3 is 5.97 Å². The van der Waals surface area contributed by atoms with Crippen molar-refractivity contribution in [1.82, 2.24) is 4.57 Å². The third-order valence-electron chi connectivity index (χ3n) is 5.28. The van der Waals surface area contributed by atoms with Gasteiger partial charge in [-0.1, -0.05) is 43.7 Å². The van der Waals surface area contributed by atoms with Crippen molar-refractivity contribution >= 4 is 21.6 Å². The van der Waals surface area contributed by atoms with Crippen LogP contribution in [-0.4, -0.2) is 36.1 Å². The molecule has 0 aliphatic heterocycles. The van der Waals surface area contributed by atoms with E-state index in [0.717, 1.165) is 30.3 Å². The maximum Gasteiger partial charge on any atom is 0.377 e. The van der Waals surface area contributed by atoms with Gasteiger partial charge in [-0.2, -0.15) is 0 Å². The van der Waals surface area contributed by atoms with E-state index in [-0.39, 0.29) is 10.5 Å². The zero-order valence-corrected chi connectivity index (χ0v) is 18.6. The number of sulfone groups is 1. The summed E-state index contributed by atoms with van der Waals surface area (Å²) < 4.78 is 25.7. The van der Waals surface area contributed by atoms with Crippen molar-refractivity contribution in [3.8, 4) is 16.9 Å².